The number of rotatable bonds is 2. The number of ether oxygens (including phenoxy) is 1. The minimum atomic E-state index is -0.521. The van der Waals surface area contributed by atoms with Gasteiger partial charge in [0, 0.05) is 6.20 Å². The maximum atomic E-state index is 11.3. The molecular formula is C10H8ClN3O2. The average molecular weight is 238 g/mol. The van der Waals surface area contributed by atoms with E-state index in [9.17, 15) is 4.79 Å². The average Bonchev–Trinajstić information content (AvgIpc) is 2.71. The van der Waals surface area contributed by atoms with Gasteiger partial charge in [-0.15, -0.1) is 0 Å². The molecule has 0 amide bonds. The van der Waals surface area contributed by atoms with Crippen molar-refractivity contribution in [2.75, 3.05) is 7.11 Å². The van der Waals surface area contributed by atoms with Gasteiger partial charge in [-0.05, 0) is 12.1 Å². The highest BCUT2D eigenvalue weighted by Gasteiger charge is 2.17. The highest BCUT2D eigenvalue weighted by molar-refractivity contribution is 6.32. The van der Waals surface area contributed by atoms with E-state index in [-0.39, 0.29) is 10.7 Å². The Kier molecular flexibility index (Phi) is 2.87. The molecule has 2 rings (SSSR count). The molecule has 6 heteroatoms. The van der Waals surface area contributed by atoms with Gasteiger partial charge in [-0.2, -0.15) is 5.10 Å². The van der Waals surface area contributed by atoms with E-state index in [0.29, 0.717) is 5.82 Å². The molecule has 0 N–H and O–H groups in total. The summed E-state index contributed by atoms with van der Waals surface area (Å²) in [7, 11) is 1.29. The summed E-state index contributed by atoms with van der Waals surface area (Å²) < 4.78 is 5.94. The lowest BCUT2D eigenvalue weighted by Gasteiger charge is -2.01. The van der Waals surface area contributed by atoms with Crippen molar-refractivity contribution in [3.63, 3.8) is 0 Å². The summed E-state index contributed by atoms with van der Waals surface area (Å²) in [5.41, 5.74) is 0.217. The first-order valence-electron chi connectivity index (χ1n) is 4.47. The molecule has 0 fully saturated rings. The molecule has 0 aliphatic carbocycles. The van der Waals surface area contributed by atoms with Crippen LogP contribution in [0.5, 0.6) is 0 Å². The first-order chi connectivity index (χ1) is 7.74. The largest absolute Gasteiger partial charge is 0.465 e. The van der Waals surface area contributed by atoms with Crippen LogP contribution < -0.4 is 0 Å². The summed E-state index contributed by atoms with van der Waals surface area (Å²) in [6.07, 6.45) is 2.97. The van der Waals surface area contributed by atoms with Gasteiger partial charge < -0.3 is 4.74 Å². The molecule has 0 saturated carbocycles. The van der Waals surface area contributed by atoms with Crippen LogP contribution in [0.1, 0.15) is 10.4 Å². The van der Waals surface area contributed by atoms with Crippen molar-refractivity contribution in [1.29, 1.82) is 0 Å². The third-order valence-corrected chi connectivity index (χ3v) is 2.35. The molecule has 0 atom stereocenters. The van der Waals surface area contributed by atoms with Gasteiger partial charge in [-0.25, -0.2) is 14.5 Å². The summed E-state index contributed by atoms with van der Waals surface area (Å²) in [6, 6.07) is 5.32. The number of carbonyl (C=O) groups is 1. The second-order valence-electron chi connectivity index (χ2n) is 2.94. The normalized spacial score (nSPS) is 10.1. The fourth-order valence-corrected chi connectivity index (χ4v) is 1.48. The summed E-state index contributed by atoms with van der Waals surface area (Å²) in [5.74, 6) is 0.0230. The van der Waals surface area contributed by atoms with E-state index in [1.165, 1.54) is 18.0 Å². The van der Waals surface area contributed by atoms with Gasteiger partial charge in [-0.3, -0.25) is 0 Å². The fraction of sp³-hybridized carbons (Fsp3) is 0.100. The Morgan fingerprint density at radius 1 is 1.50 bits per heavy atom. The lowest BCUT2D eigenvalue weighted by atomic mass is 10.4. The smallest absolute Gasteiger partial charge is 0.342 e. The Hall–Kier alpha value is -1.88. The standard InChI is InChI=1S/C10H8ClN3O2/c1-16-10(15)7-6-13-14(9(7)11)8-4-2-3-5-12-8/h2-6H,1H3. The summed E-state index contributed by atoms with van der Waals surface area (Å²) in [6.45, 7) is 0. The number of pyridine rings is 1. The van der Waals surface area contributed by atoms with Crippen molar-refractivity contribution < 1.29 is 9.53 Å². The van der Waals surface area contributed by atoms with Crippen molar-refractivity contribution in [1.82, 2.24) is 14.8 Å². The molecule has 2 heterocycles. The predicted octanol–water partition coefficient (Wildman–Crippen LogP) is 1.71. The third kappa shape index (κ3) is 1.77. The van der Waals surface area contributed by atoms with Gasteiger partial charge in [0.2, 0.25) is 0 Å². The number of aromatic nitrogens is 3. The molecule has 2 aromatic heterocycles. The molecule has 2 aromatic rings. The molecule has 0 radical (unpaired) electrons. The van der Waals surface area contributed by atoms with Crippen LogP contribution >= 0.6 is 11.6 Å². The summed E-state index contributed by atoms with van der Waals surface area (Å²) in [5, 5.41) is 4.16. The Morgan fingerprint density at radius 3 is 2.94 bits per heavy atom. The van der Waals surface area contributed by atoms with Crippen molar-refractivity contribution >= 4 is 17.6 Å². The number of methoxy groups -OCH3 is 1. The van der Waals surface area contributed by atoms with Gasteiger partial charge in [0.05, 0.1) is 13.3 Å². The lowest BCUT2D eigenvalue weighted by Crippen LogP contribution is -2.02. The van der Waals surface area contributed by atoms with Gasteiger partial charge in [0.25, 0.3) is 0 Å². The molecular weight excluding hydrogens is 230 g/mol. The van der Waals surface area contributed by atoms with Crippen LogP contribution in [0.15, 0.2) is 30.6 Å². The lowest BCUT2D eigenvalue weighted by molar-refractivity contribution is 0.0601. The van der Waals surface area contributed by atoms with E-state index in [2.05, 4.69) is 14.8 Å². The molecule has 16 heavy (non-hydrogen) atoms. The number of nitrogens with zero attached hydrogens (tertiary/aromatic N) is 3. The Balaban J connectivity index is 2.45. The zero-order chi connectivity index (χ0) is 11.5. The number of hydrogen-bond acceptors (Lipinski definition) is 4. The van der Waals surface area contributed by atoms with Crippen LogP contribution in [0.3, 0.4) is 0 Å². The zero-order valence-electron chi connectivity index (χ0n) is 8.42. The van der Waals surface area contributed by atoms with Gasteiger partial charge in [0.1, 0.15) is 10.7 Å². The van der Waals surface area contributed by atoms with Crippen molar-refractivity contribution in [2.45, 2.75) is 0 Å². The van der Waals surface area contributed by atoms with E-state index >= 15 is 0 Å². The van der Waals surface area contributed by atoms with Crippen LogP contribution in [0.25, 0.3) is 5.82 Å². The predicted molar refractivity (Wildman–Crippen MR) is 57.7 cm³/mol. The molecule has 0 unspecified atom stereocenters. The van der Waals surface area contributed by atoms with Crippen molar-refractivity contribution in [3.05, 3.63) is 41.3 Å². The maximum Gasteiger partial charge on any atom is 0.342 e. The summed E-state index contributed by atoms with van der Waals surface area (Å²) >= 11 is 5.99. The molecule has 0 spiro atoms. The van der Waals surface area contributed by atoms with Gasteiger partial charge >= 0.3 is 5.97 Å². The zero-order valence-corrected chi connectivity index (χ0v) is 9.18. The quantitative estimate of drug-likeness (QED) is 0.746. The van der Waals surface area contributed by atoms with E-state index < -0.39 is 5.97 Å². The number of esters is 1. The van der Waals surface area contributed by atoms with Crippen molar-refractivity contribution in [2.24, 2.45) is 0 Å². The molecule has 0 aliphatic heterocycles. The minimum Gasteiger partial charge on any atom is -0.465 e. The van der Waals surface area contributed by atoms with Crippen LogP contribution in [-0.4, -0.2) is 27.8 Å². The van der Waals surface area contributed by atoms with Crippen LogP contribution in [0.2, 0.25) is 5.15 Å². The van der Waals surface area contributed by atoms with Crippen LogP contribution in [0, 0.1) is 0 Å². The first kappa shape index (κ1) is 10.6. The van der Waals surface area contributed by atoms with Crippen LogP contribution in [0.4, 0.5) is 0 Å². The molecule has 0 aromatic carbocycles. The Labute approximate surface area is 96.6 Å². The van der Waals surface area contributed by atoms with E-state index in [1.807, 2.05) is 0 Å². The van der Waals surface area contributed by atoms with E-state index in [1.54, 1.807) is 24.4 Å². The topological polar surface area (TPSA) is 57.0 Å². The van der Waals surface area contributed by atoms with Gasteiger partial charge in [-0.1, -0.05) is 17.7 Å². The number of carbonyl (C=O) groups excluding carboxylic acids is 1. The second-order valence-corrected chi connectivity index (χ2v) is 3.30. The Morgan fingerprint density at radius 2 is 2.31 bits per heavy atom. The Bertz CT molecular complexity index is 510. The van der Waals surface area contributed by atoms with E-state index in [4.69, 9.17) is 11.6 Å². The second kappa shape index (κ2) is 4.32. The highest BCUT2D eigenvalue weighted by Crippen LogP contribution is 2.19. The van der Waals surface area contributed by atoms with Crippen LogP contribution in [-0.2, 0) is 4.74 Å². The molecule has 5 nitrogen and oxygen atoms in total. The molecule has 0 bridgehead atoms. The number of halogens is 1. The highest BCUT2D eigenvalue weighted by atomic mass is 35.5. The monoisotopic (exact) mass is 237 g/mol. The summed E-state index contributed by atoms with van der Waals surface area (Å²) in [4.78, 5) is 15.4. The maximum absolute atomic E-state index is 11.3. The van der Waals surface area contributed by atoms with E-state index in [0.717, 1.165) is 0 Å². The minimum absolute atomic E-state index is 0.186. The first-order valence-corrected chi connectivity index (χ1v) is 4.85. The molecule has 82 valence electrons. The van der Waals surface area contributed by atoms with Crippen molar-refractivity contribution in [3.8, 4) is 5.82 Å². The molecule has 0 aliphatic rings. The molecule has 0 saturated heterocycles. The van der Waals surface area contributed by atoms with Gasteiger partial charge in [0.15, 0.2) is 5.82 Å². The third-order valence-electron chi connectivity index (χ3n) is 1.98. The number of hydrogen-bond donors (Lipinski definition) is 0. The fourth-order valence-electron chi connectivity index (χ4n) is 1.22. The SMILES string of the molecule is COC(=O)c1cnn(-c2ccccn2)c1Cl.